The molecule has 0 bridgehead atoms. The molecule has 0 N–H and O–H groups in total. The van der Waals surface area contributed by atoms with Gasteiger partial charge in [0.1, 0.15) is 5.82 Å². The number of rotatable bonds is 6. The molecule has 0 spiro atoms. The molecule has 1 aromatic heterocycles. The molecule has 0 atom stereocenters. The first kappa shape index (κ1) is 20.6. The summed E-state index contributed by atoms with van der Waals surface area (Å²) in [5, 5.41) is 0. The Morgan fingerprint density at radius 3 is 2.37 bits per heavy atom. The van der Waals surface area contributed by atoms with Crippen LogP contribution >= 0.6 is 0 Å². The molecule has 146 valence electrons. The summed E-state index contributed by atoms with van der Waals surface area (Å²) in [6.07, 6.45) is -0.871. The maximum absolute atomic E-state index is 13.4. The van der Waals surface area contributed by atoms with Crippen molar-refractivity contribution in [1.82, 2.24) is 4.57 Å². The third-order valence-corrected chi connectivity index (χ3v) is 4.10. The molecule has 27 heavy (non-hydrogen) atoms. The van der Waals surface area contributed by atoms with Gasteiger partial charge in [0.2, 0.25) is 0 Å². The zero-order valence-electron chi connectivity index (χ0n) is 16.2. The Morgan fingerprint density at radius 2 is 1.85 bits per heavy atom. The highest BCUT2D eigenvalue weighted by Crippen LogP contribution is 2.38. The number of nitrogens with zero attached hydrogens (tertiary/aromatic N) is 1. The molecule has 0 aliphatic rings. The van der Waals surface area contributed by atoms with E-state index in [2.05, 4.69) is 0 Å². The third kappa shape index (κ3) is 4.36. The topological polar surface area (TPSA) is 66.8 Å². The number of pyridine rings is 1. The van der Waals surface area contributed by atoms with E-state index in [4.69, 9.17) is 14.2 Å². The van der Waals surface area contributed by atoms with E-state index in [1.54, 1.807) is 14.0 Å². The smallest absolute Gasteiger partial charge is 0.434 e. The fraction of sp³-hybridized carbons (Fsp3) is 0.400. The Labute approximate surface area is 157 Å². The van der Waals surface area contributed by atoms with Crippen LogP contribution in [0.1, 0.15) is 37.9 Å². The van der Waals surface area contributed by atoms with Crippen LogP contribution in [-0.4, -0.2) is 24.4 Å². The molecule has 6 nitrogen and oxygen atoms in total. The number of ether oxygens (including phenoxy) is 3. The summed E-state index contributed by atoms with van der Waals surface area (Å²) >= 11 is 0. The van der Waals surface area contributed by atoms with Crippen molar-refractivity contribution < 1.29 is 23.4 Å². The number of halogens is 1. The summed E-state index contributed by atoms with van der Waals surface area (Å²) in [6, 6.07) is 5.63. The summed E-state index contributed by atoms with van der Waals surface area (Å²) in [4.78, 5) is 25.0. The number of hydrogen-bond acceptors (Lipinski definition) is 5. The van der Waals surface area contributed by atoms with E-state index in [0.29, 0.717) is 22.4 Å². The van der Waals surface area contributed by atoms with Gasteiger partial charge in [-0.05, 0) is 30.5 Å². The highest BCUT2D eigenvalue weighted by atomic mass is 19.1. The molecule has 1 heterocycles. The van der Waals surface area contributed by atoms with Crippen molar-refractivity contribution in [2.24, 2.45) is 7.05 Å². The molecular weight excluding hydrogens is 353 g/mol. The second-order valence-electron chi connectivity index (χ2n) is 6.31. The van der Waals surface area contributed by atoms with Crippen molar-refractivity contribution in [3.63, 3.8) is 0 Å². The molecule has 2 rings (SSSR count). The summed E-state index contributed by atoms with van der Waals surface area (Å²) in [7, 11) is 3.08. The van der Waals surface area contributed by atoms with Crippen LogP contribution in [0.5, 0.6) is 5.75 Å². The Balaban J connectivity index is 2.87. The zero-order chi connectivity index (χ0) is 20.1. The van der Waals surface area contributed by atoms with Gasteiger partial charge in [-0.2, -0.15) is 0 Å². The van der Waals surface area contributed by atoms with Crippen LogP contribution in [0.15, 0.2) is 29.1 Å². The molecule has 0 radical (unpaired) electrons. The Kier molecular flexibility index (Phi) is 6.74. The van der Waals surface area contributed by atoms with Crippen molar-refractivity contribution in [3.8, 4) is 16.9 Å². The second-order valence-corrected chi connectivity index (χ2v) is 6.31. The van der Waals surface area contributed by atoms with E-state index < -0.39 is 12.0 Å². The number of aromatic nitrogens is 1. The lowest BCUT2D eigenvalue weighted by molar-refractivity contribution is 0.103. The van der Waals surface area contributed by atoms with Gasteiger partial charge in [-0.1, -0.05) is 26.0 Å². The van der Waals surface area contributed by atoms with Gasteiger partial charge in [0.25, 0.3) is 5.56 Å². The molecule has 0 fully saturated rings. The minimum absolute atomic E-state index is 0.0109. The zero-order valence-corrected chi connectivity index (χ0v) is 16.2. The van der Waals surface area contributed by atoms with Crippen molar-refractivity contribution in [1.29, 1.82) is 0 Å². The van der Waals surface area contributed by atoms with Gasteiger partial charge < -0.3 is 18.8 Å². The number of benzene rings is 1. The van der Waals surface area contributed by atoms with Gasteiger partial charge >= 0.3 is 6.16 Å². The van der Waals surface area contributed by atoms with Gasteiger partial charge in [-0.3, -0.25) is 4.79 Å². The Morgan fingerprint density at radius 1 is 1.22 bits per heavy atom. The predicted molar refractivity (Wildman–Crippen MR) is 99.5 cm³/mol. The van der Waals surface area contributed by atoms with Gasteiger partial charge in [-0.15, -0.1) is 0 Å². The number of methoxy groups -OCH3 is 1. The van der Waals surface area contributed by atoms with Gasteiger partial charge in [-0.25, -0.2) is 9.18 Å². The van der Waals surface area contributed by atoms with Gasteiger partial charge in [0, 0.05) is 19.7 Å². The van der Waals surface area contributed by atoms with Crippen LogP contribution in [0.4, 0.5) is 9.18 Å². The largest absolute Gasteiger partial charge is 0.513 e. The van der Waals surface area contributed by atoms with Crippen LogP contribution < -0.4 is 10.3 Å². The molecule has 1 aromatic carbocycles. The minimum Gasteiger partial charge on any atom is -0.434 e. The van der Waals surface area contributed by atoms with E-state index in [0.717, 1.165) is 0 Å². The first-order valence-electron chi connectivity index (χ1n) is 8.67. The SMILES string of the molecule is CCOC(=O)Oc1c(-c2ccc(F)cc2)c(COC)c(=O)n(C)c1C(C)C. The molecule has 2 aromatic rings. The maximum atomic E-state index is 13.4. The standard InChI is InChI=1S/C20H24FNO5/c1-6-26-20(24)27-18-16(13-7-9-14(21)10-8-13)15(11-25-5)19(23)22(4)17(18)12(2)3/h7-10,12H,6,11H2,1-5H3. The van der Waals surface area contributed by atoms with E-state index in [9.17, 15) is 14.0 Å². The Hall–Kier alpha value is -2.67. The van der Waals surface area contributed by atoms with Crippen molar-refractivity contribution in [2.45, 2.75) is 33.3 Å². The third-order valence-electron chi connectivity index (χ3n) is 4.10. The normalized spacial score (nSPS) is 10.9. The maximum Gasteiger partial charge on any atom is 0.513 e. The van der Waals surface area contributed by atoms with Crippen LogP contribution in [0, 0.1) is 5.82 Å². The van der Waals surface area contributed by atoms with Crippen molar-refractivity contribution in [2.75, 3.05) is 13.7 Å². The number of carbonyl (C=O) groups excluding carboxylic acids is 1. The monoisotopic (exact) mass is 377 g/mol. The highest BCUT2D eigenvalue weighted by Gasteiger charge is 2.26. The summed E-state index contributed by atoms with van der Waals surface area (Å²) < 4.78 is 30.5. The lowest BCUT2D eigenvalue weighted by atomic mass is 9.95. The molecule has 0 saturated carbocycles. The predicted octanol–water partition coefficient (Wildman–Crippen LogP) is 4.00. The van der Waals surface area contributed by atoms with Crippen molar-refractivity contribution in [3.05, 3.63) is 51.7 Å². The molecule has 0 saturated heterocycles. The molecule has 0 aliphatic carbocycles. The minimum atomic E-state index is -0.871. The second kappa shape index (κ2) is 8.81. The molecular formula is C20H24FNO5. The summed E-state index contributed by atoms with van der Waals surface area (Å²) in [6.45, 7) is 5.60. The lowest BCUT2D eigenvalue weighted by Gasteiger charge is -2.22. The molecule has 7 heteroatoms. The molecule has 0 amide bonds. The quantitative estimate of drug-likeness (QED) is 0.712. The molecule has 0 unspecified atom stereocenters. The van der Waals surface area contributed by atoms with Crippen LogP contribution in [0.2, 0.25) is 0 Å². The lowest BCUT2D eigenvalue weighted by Crippen LogP contribution is -2.28. The van der Waals surface area contributed by atoms with E-state index in [-0.39, 0.29) is 30.4 Å². The van der Waals surface area contributed by atoms with Crippen LogP contribution in [0.3, 0.4) is 0 Å². The fourth-order valence-corrected chi connectivity index (χ4v) is 3.02. The Bertz CT molecular complexity index is 871. The van der Waals surface area contributed by atoms with Crippen LogP contribution in [-0.2, 0) is 23.1 Å². The summed E-state index contributed by atoms with van der Waals surface area (Å²) in [5.74, 6) is -0.319. The average molecular weight is 377 g/mol. The fourth-order valence-electron chi connectivity index (χ4n) is 3.02. The average Bonchev–Trinajstić information content (AvgIpc) is 2.61. The van der Waals surface area contributed by atoms with Gasteiger partial charge in [0.05, 0.1) is 24.5 Å². The first-order valence-corrected chi connectivity index (χ1v) is 8.67. The van der Waals surface area contributed by atoms with Crippen LogP contribution in [0.25, 0.3) is 11.1 Å². The van der Waals surface area contributed by atoms with Gasteiger partial charge in [0.15, 0.2) is 5.75 Å². The summed E-state index contributed by atoms with van der Waals surface area (Å²) in [5.41, 5.74) is 1.53. The first-order chi connectivity index (χ1) is 12.8. The van der Waals surface area contributed by atoms with E-state index in [1.165, 1.54) is 35.9 Å². The highest BCUT2D eigenvalue weighted by molar-refractivity contribution is 5.78. The molecule has 0 aliphatic heterocycles. The number of hydrogen-bond donors (Lipinski definition) is 0. The van der Waals surface area contributed by atoms with Crippen molar-refractivity contribution >= 4 is 6.16 Å². The van der Waals surface area contributed by atoms with E-state index in [1.807, 2.05) is 13.8 Å². The number of carbonyl (C=O) groups is 1. The van der Waals surface area contributed by atoms with E-state index >= 15 is 0 Å².